The van der Waals surface area contributed by atoms with Crippen molar-refractivity contribution in [2.24, 2.45) is 0 Å². The normalized spacial score (nSPS) is 15.2. The molecular weight excluding hydrogens is 386 g/mol. The molecule has 1 saturated heterocycles. The smallest absolute Gasteiger partial charge is 0.410 e. The molecule has 0 aliphatic carbocycles. The third-order valence-corrected chi connectivity index (χ3v) is 4.92. The number of hydrogen-bond acceptors (Lipinski definition) is 7. The molecule has 0 saturated carbocycles. The number of anilines is 1. The lowest BCUT2D eigenvalue weighted by Gasteiger charge is -2.37. The Morgan fingerprint density at radius 2 is 1.83 bits per heavy atom. The Labute approximate surface area is 178 Å². The van der Waals surface area contributed by atoms with Crippen LogP contribution in [-0.4, -0.2) is 63.0 Å². The summed E-state index contributed by atoms with van der Waals surface area (Å²) in [5.74, 6) is -0.361. The molecule has 2 rings (SSSR count). The molecule has 0 radical (unpaired) electrons. The van der Waals surface area contributed by atoms with Crippen LogP contribution in [0.1, 0.15) is 45.1 Å². The summed E-state index contributed by atoms with van der Waals surface area (Å²) in [6.07, 6.45) is 0.318. The van der Waals surface area contributed by atoms with Gasteiger partial charge in [-0.05, 0) is 33.3 Å². The summed E-state index contributed by atoms with van der Waals surface area (Å²) >= 11 is 0. The van der Waals surface area contributed by atoms with Gasteiger partial charge in [0.25, 0.3) is 0 Å². The Bertz CT molecular complexity index is 789. The number of amides is 1. The van der Waals surface area contributed by atoms with Crippen LogP contribution in [0.3, 0.4) is 0 Å². The van der Waals surface area contributed by atoms with Gasteiger partial charge in [-0.2, -0.15) is 5.26 Å². The largest absolute Gasteiger partial charge is 0.496 e. The molecule has 1 amide bonds. The highest BCUT2D eigenvalue weighted by atomic mass is 16.6. The first-order valence-corrected chi connectivity index (χ1v) is 10.1. The zero-order chi connectivity index (χ0) is 22.3. The fourth-order valence-electron chi connectivity index (χ4n) is 3.41. The van der Waals surface area contributed by atoms with Crippen LogP contribution < -0.4 is 9.64 Å². The number of ether oxygens (including phenoxy) is 3. The molecule has 1 aliphatic rings. The first kappa shape index (κ1) is 23.3. The van der Waals surface area contributed by atoms with E-state index in [-0.39, 0.29) is 18.5 Å². The van der Waals surface area contributed by atoms with E-state index in [1.165, 1.54) is 7.11 Å². The van der Waals surface area contributed by atoms with Gasteiger partial charge < -0.3 is 24.0 Å². The van der Waals surface area contributed by atoms with Crippen molar-refractivity contribution in [3.05, 3.63) is 23.8 Å². The van der Waals surface area contributed by atoms with Crippen molar-refractivity contribution in [3.63, 3.8) is 0 Å². The first-order valence-electron chi connectivity index (χ1n) is 10.1. The van der Waals surface area contributed by atoms with Crippen LogP contribution in [0.4, 0.5) is 10.5 Å². The Balaban J connectivity index is 2.12. The summed E-state index contributed by atoms with van der Waals surface area (Å²) in [5, 5.41) is 8.90. The van der Waals surface area contributed by atoms with Crippen molar-refractivity contribution in [2.75, 3.05) is 45.3 Å². The van der Waals surface area contributed by atoms with Gasteiger partial charge in [0.2, 0.25) is 0 Å². The third kappa shape index (κ3) is 6.02. The maximum Gasteiger partial charge on any atom is 0.410 e. The van der Waals surface area contributed by atoms with Crippen molar-refractivity contribution >= 4 is 17.7 Å². The van der Waals surface area contributed by atoms with Crippen molar-refractivity contribution < 1.29 is 23.8 Å². The molecule has 1 aromatic rings. The predicted molar refractivity (Wildman–Crippen MR) is 113 cm³/mol. The zero-order valence-electron chi connectivity index (χ0n) is 18.4. The summed E-state index contributed by atoms with van der Waals surface area (Å²) < 4.78 is 15.9. The molecule has 1 unspecified atom stereocenters. The second-order valence-corrected chi connectivity index (χ2v) is 8.15. The number of hydrogen-bond donors (Lipinski definition) is 0. The Hall–Kier alpha value is -2.95. The summed E-state index contributed by atoms with van der Waals surface area (Å²) in [4.78, 5) is 28.4. The number of rotatable bonds is 6. The van der Waals surface area contributed by atoms with Crippen LogP contribution in [0.15, 0.2) is 18.2 Å². The number of nitrogens with zero attached hydrogens (tertiary/aromatic N) is 3. The molecule has 0 bridgehead atoms. The quantitative estimate of drug-likeness (QED) is 0.656. The van der Waals surface area contributed by atoms with Gasteiger partial charge in [0.1, 0.15) is 11.4 Å². The maximum atomic E-state index is 12.3. The van der Waals surface area contributed by atoms with Gasteiger partial charge >= 0.3 is 12.1 Å². The van der Waals surface area contributed by atoms with Gasteiger partial charge in [0, 0.05) is 49.9 Å². The van der Waals surface area contributed by atoms with E-state index in [1.807, 2.05) is 39.0 Å². The molecule has 164 valence electrons. The van der Waals surface area contributed by atoms with Crippen LogP contribution in [0.2, 0.25) is 0 Å². The number of methoxy groups -OCH3 is 2. The molecule has 1 aliphatic heterocycles. The Kier molecular flexibility index (Phi) is 7.93. The van der Waals surface area contributed by atoms with Gasteiger partial charge in [0.15, 0.2) is 0 Å². The van der Waals surface area contributed by atoms with Crippen molar-refractivity contribution in [3.8, 4) is 11.8 Å². The lowest BCUT2D eigenvalue weighted by Crippen LogP contribution is -2.50. The van der Waals surface area contributed by atoms with Crippen LogP contribution >= 0.6 is 0 Å². The van der Waals surface area contributed by atoms with Gasteiger partial charge in [0.05, 0.1) is 26.2 Å². The molecule has 8 heteroatoms. The number of carbonyl (C=O) groups excluding carboxylic acids is 2. The lowest BCUT2D eigenvalue weighted by molar-refractivity contribution is -0.142. The number of piperazine rings is 1. The SMILES string of the molecule is COC(=O)C(CCC#N)c1ccc(N2CCN(C(=O)OC(C)(C)C)CC2)cc1OC. The minimum absolute atomic E-state index is 0.247. The van der Waals surface area contributed by atoms with Gasteiger partial charge in [-0.3, -0.25) is 4.79 Å². The molecule has 30 heavy (non-hydrogen) atoms. The van der Waals surface area contributed by atoms with Crippen molar-refractivity contribution in [2.45, 2.75) is 45.1 Å². The second kappa shape index (κ2) is 10.2. The summed E-state index contributed by atoms with van der Waals surface area (Å²) in [7, 11) is 2.90. The monoisotopic (exact) mass is 417 g/mol. The van der Waals surface area contributed by atoms with Crippen LogP contribution in [0.5, 0.6) is 5.75 Å². The number of esters is 1. The van der Waals surface area contributed by atoms with Gasteiger partial charge in [-0.25, -0.2) is 4.79 Å². The Morgan fingerprint density at radius 1 is 1.17 bits per heavy atom. The maximum absolute atomic E-state index is 12.3. The Morgan fingerprint density at radius 3 is 2.37 bits per heavy atom. The molecule has 1 aromatic carbocycles. The summed E-state index contributed by atoms with van der Waals surface area (Å²) in [5.41, 5.74) is 1.14. The number of benzene rings is 1. The van der Waals surface area contributed by atoms with Crippen LogP contribution in [0.25, 0.3) is 0 Å². The fraction of sp³-hybridized carbons (Fsp3) is 0.591. The third-order valence-electron chi connectivity index (χ3n) is 4.92. The molecule has 0 aromatic heterocycles. The highest BCUT2D eigenvalue weighted by Crippen LogP contribution is 2.34. The van der Waals surface area contributed by atoms with E-state index in [0.29, 0.717) is 43.9 Å². The zero-order valence-corrected chi connectivity index (χ0v) is 18.4. The molecule has 1 fully saturated rings. The van der Waals surface area contributed by atoms with Gasteiger partial charge in [-0.1, -0.05) is 6.07 Å². The predicted octanol–water partition coefficient (Wildman–Crippen LogP) is 3.31. The van der Waals surface area contributed by atoms with E-state index in [9.17, 15) is 9.59 Å². The lowest BCUT2D eigenvalue weighted by atomic mass is 9.93. The van der Waals surface area contributed by atoms with Crippen LogP contribution in [0, 0.1) is 11.3 Å². The van der Waals surface area contributed by atoms with E-state index in [1.54, 1.807) is 12.0 Å². The molecule has 0 spiro atoms. The second-order valence-electron chi connectivity index (χ2n) is 8.15. The highest BCUT2D eigenvalue weighted by molar-refractivity contribution is 5.79. The van der Waals surface area contributed by atoms with E-state index in [4.69, 9.17) is 19.5 Å². The molecule has 0 N–H and O–H groups in total. The number of carbonyl (C=O) groups is 2. The van der Waals surface area contributed by atoms with Crippen LogP contribution in [-0.2, 0) is 14.3 Å². The van der Waals surface area contributed by atoms with E-state index in [2.05, 4.69) is 11.0 Å². The number of nitriles is 1. The summed E-state index contributed by atoms with van der Waals surface area (Å²) in [6, 6.07) is 7.75. The molecule has 1 atom stereocenters. The first-order chi connectivity index (χ1) is 14.2. The molecular formula is C22H31N3O5. The van der Waals surface area contributed by atoms with Gasteiger partial charge in [-0.15, -0.1) is 0 Å². The minimum atomic E-state index is -0.553. The summed E-state index contributed by atoms with van der Waals surface area (Å²) in [6.45, 7) is 8.01. The minimum Gasteiger partial charge on any atom is -0.496 e. The van der Waals surface area contributed by atoms with E-state index in [0.717, 1.165) is 5.69 Å². The van der Waals surface area contributed by atoms with Crippen molar-refractivity contribution in [1.82, 2.24) is 4.90 Å². The highest BCUT2D eigenvalue weighted by Gasteiger charge is 2.28. The molecule has 1 heterocycles. The standard InChI is InChI=1S/C22H31N3O5/c1-22(2,3)30-21(27)25-13-11-24(12-14-25)16-8-9-17(19(15-16)28-4)18(7-6-10-23)20(26)29-5/h8-9,15,18H,6-7,11-14H2,1-5H3. The topological polar surface area (TPSA) is 92.1 Å². The van der Waals surface area contributed by atoms with E-state index >= 15 is 0 Å². The average molecular weight is 418 g/mol. The van der Waals surface area contributed by atoms with Crippen molar-refractivity contribution in [1.29, 1.82) is 5.26 Å². The molecule has 8 nitrogen and oxygen atoms in total. The fourth-order valence-corrected chi connectivity index (χ4v) is 3.41. The average Bonchev–Trinajstić information content (AvgIpc) is 2.72. The van der Waals surface area contributed by atoms with E-state index < -0.39 is 11.5 Å².